The van der Waals surface area contributed by atoms with Crippen LogP contribution < -0.4 is 10.5 Å². The van der Waals surface area contributed by atoms with Gasteiger partial charge in [0.2, 0.25) is 11.8 Å². The van der Waals surface area contributed by atoms with E-state index in [4.69, 9.17) is 20.7 Å². The zero-order valence-electron chi connectivity index (χ0n) is 15.0. The Labute approximate surface area is 170 Å². The molecule has 2 fully saturated rings. The van der Waals surface area contributed by atoms with E-state index in [-0.39, 0.29) is 12.0 Å². The molecule has 2 saturated heterocycles. The smallest absolute Gasteiger partial charge is 0.328 e. The highest BCUT2D eigenvalue weighted by molar-refractivity contribution is 9.10. The normalized spacial score (nSPS) is 23.7. The molecule has 3 rings (SSSR count). The molecule has 0 aliphatic carbocycles. The number of nitrogens with zero attached hydrogens (tertiary/aromatic N) is 2. The third kappa shape index (κ3) is 6.93. The molecule has 2 atom stereocenters. The molecule has 2 aliphatic heterocycles. The van der Waals surface area contributed by atoms with Gasteiger partial charge >= 0.3 is 11.9 Å². The molecule has 28 heavy (non-hydrogen) atoms. The molecule has 0 spiro atoms. The van der Waals surface area contributed by atoms with E-state index in [0.717, 1.165) is 30.3 Å². The van der Waals surface area contributed by atoms with E-state index in [1.807, 2.05) is 18.2 Å². The number of carbonyl (C=O) groups is 3. The Kier molecular flexibility index (Phi) is 7.94. The zero-order chi connectivity index (χ0) is 20.7. The predicted octanol–water partition coefficient (Wildman–Crippen LogP) is 1.42. The van der Waals surface area contributed by atoms with Crippen molar-refractivity contribution in [3.63, 3.8) is 0 Å². The third-order valence-electron chi connectivity index (χ3n) is 4.52. The number of carbonyl (C=O) groups excluding carboxylic acids is 1. The van der Waals surface area contributed by atoms with Crippen LogP contribution in [0, 0.1) is 0 Å². The minimum Gasteiger partial charge on any atom is -0.478 e. The molecule has 4 N–H and O–H groups in total. The van der Waals surface area contributed by atoms with Crippen LogP contribution in [0.1, 0.15) is 25.7 Å². The van der Waals surface area contributed by atoms with Crippen LogP contribution in [0.25, 0.3) is 0 Å². The molecule has 1 aromatic heterocycles. The van der Waals surface area contributed by atoms with Gasteiger partial charge in [-0.3, -0.25) is 9.69 Å². The second-order valence-electron chi connectivity index (χ2n) is 6.54. The molecule has 9 nitrogen and oxygen atoms in total. The Balaban J connectivity index is 0.000000300. The average molecular weight is 456 g/mol. The largest absolute Gasteiger partial charge is 0.478 e. The number of ether oxygens (including phenoxy) is 1. The SMILES string of the molecule is NC(=O)CN1C2CCC1CC(Oc1cccc(Br)n1)C2.O=C(O)/C=C/C(=O)O. The number of rotatable bonds is 6. The second kappa shape index (κ2) is 10.2. The Bertz CT molecular complexity index is 727. The number of aliphatic carboxylic acids is 2. The lowest BCUT2D eigenvalue weighted by atomic mass is 9.99. The van der Waals surface area contributed by atoms with E-state index < -0.39 is 11.9 Å². The average Bonchev–Trinajstić information content (AvgIpc) is 2.83. The van der Waals surface area contributed by atoms with Crippen molar-refractivity contribution in [3.8, 4) is 5.88 Å². The third-order valence-corrected chi connectivity index (χ3v) is 4.97. The molecule has 1 aromatic rings. The lowest BCUT2D eigenvalue weighted by Gasteiger charge is -2.37. The van der Waals surface area contributed by atoms with E-state index in [2.05, 4.69) is 25.8 Å². The van der Waals surface area contributed by atoms with Gasteiger partial charge in [-0.2, -0.15) is 0 Å². The summed E-state index contributed by atoms with van der Waals surface area (Å²) in [6.07, 6.45) is 5.44. The molecule has 0 radical (unpaired) electrons. The molecular weight excluding hydrogens is 434 g/mol. The molecule has 1 amide bonds. The van der Waals surface area contributed by atoms with Crippen molar-refractivity contribution < 1.29 is 29.3 Å². The summed E-state index contributed by atoms with van der Waals surface area (Å²) >= 11 is 3.35. The van der Waals surface area contributed by atoms with Crippen LogP contribution in [-0.4, -0.2) is 62.7 Å². The summed E-state index contributed by atoms with van der Waals surface area (Å²) in [5.41, 5.74) is 5.32. The van der Waals surface area contributed by atoms with E-state index in [9.17, 15) is 14.4 Å². The maximum atomic E-state index is 11.1. The lowest BCUT2D eigenvalue weighted by Crippen LogP contribution is -2.49. The van der Waals surface area contributed by atoms with Crippen LogP contribution in [0.2, 0.25) is 0 Å². The fraction of sp³-hybridized carbons (Fsp3) is 0.444. The molecule has 3 heterocycles. The second-order valence-corrected chi connectivity index (χ2v) is 7.36. The summed E-state index contributed by atoms with van der Waals surface area (Å²) in [5.74, 6) is -2.10. The first-order valence-corrected chi connectivity index (χ1v) is 9.51. The van der Waals surface area contributed by atoms with Gasteiger partial charge in [-0.1, -0.05) is 6.07 Å². The van der Waals surface area contributed by atoms with E-state index in [0.29, 0.717) is 36.7 Å². The van der Waals surface area contributed by atoms with Crippen molar-refractivity contribution in [3.05, 3.63) is 35.0 Å². The number of fused-ring (bicyclic) bond motifs is 2. The number of aromatic nitrogens is 1. The first-order valence-electron chi connectivity index (χ1n) is 8.71. The summed E-state index contributed by atoms with van der Waals surface area (Å²) < 4.78 is 6.77. The number of hydrogen-bond donors (Lipinski definition) is 3. The van der Waals surface area contributed by atoms with Gasteiger partial charge in [0.15, 0.2) is 0 Å². The zero-order valence-corrected chi connectivity index (χ0v) is 16.6. The van der Waals surface area contributed by atoms with Gasteiger partial charge in [0.1, 0.15) is 10.7 Å². The molecule has 0 aromatic carbocycles. The summed E-state index contributed by atoms with van der Waals surface area (Å²) in [4.78, 5) is 36.8. The quantitative estimate of drug-likeness (QED) is 0.431. The van der Waals surface area contributed by atoms with Gasteiger partial charge in [-0.25, -0.2) is 14.6 Å². The number of amides is 1. The fourth-order valence-corrected chi connectivity index (χ4v) is 3.85. The Morgan fingerprint density at radius 3 is 2.21 bits per heavy atom. The summed E-state index contributed by atoms with van der Waals surface area (Å²) in [6.45, 7) is 0.372. The van der Waals surface area contributed by atoms with Crippen molar-refractivity contribution in [2.45, 2.75) is 43.9 Å². The lowest BCUT2D eigenvalue weighted by molar-refractivity contribution is -0.134. The van der Waals surface area contributed by atoms with Crippen molar-refractivity contribution in [1.29, 1.82) is 0 Å². The van der Waals surface area contributed by atoms with Crippen molar-refractivity contribution in [2.24, 2.45) is 5.73 Å². The van der Waals surface area contributed by atoms with Crippen LogP contribution >= 0.6 is 15.9 Å². The fourth-order valence-electron chi connectivity index (χ4n) is 3.53. The van der Waals surface area contributed by atoms with Crippen molar-refractivity contribution in [2.75, 3.05) is 6.54 Å². The minimum atomic E-state index is -1.26. The Morgan fingerprint density at radius 1 is 1.18 bits per heavy atom. The van der Waals surface area contributed by atoms with Gasteiger partial charge in [0.25, 0.3) is 0 Å². The molecule has 2 bridgehead atoms. The first-order chi connectivity index (χ1) is 13.2. The van der Waals surface area contributed by atoms with Crippen molar-refractivity contribution in [1.82, 2.24) is 9.88 Å². The highest BCUT2D eigenvalue weighted by Crippen LogP contribution is 2.36. The highest BCUT2D eigenvalue weighted by atomic mass is 79.9. The van der Waals surface area contributed by atoms with Crippen LogP contribution in [0.15, 0.2) is 35.0 Å². The number of hydrogen-bond acceptors (Lipinski definition) is 6. The molecule has 0 saturated carbocycles. The number of carboxylic acids is 2. The highest BCUT2D eigenvalue weighted by Gasteiger charge is 2.42. The number of halogens is 1. The molecule has 152 valence electrons. The standard InChI is InChI=1S/C14H18BrN3O2.C4H4O4/c15-12-2-1-3-14(17-12)20-11-6-9-4-5-10(7-11)18(9)8-13(16)19;5-3(6)1-2-4(7)8/h1-3,9-11H,4-8H2,(H2,16,19);1-2H,(H,5,6)(H,7,8)/b;2-1+. The van der Waals surface area contributed by atoms with Crippen LogP contribution in [0.5, 0.6) is 5.88 Å². The number of nitrogens with two attached hydrogens (primary N) is 1. The van der Waals surface area contributed by atoms with Crippen molar-refractivity contribution >= 4 is 33.8 Å². The number of piperidine rings is 1. The summed E-state index contributed by atoms with van der Waals surface area (Å²) in [6, 6.07) is 6.51. The maximum absolute atomic E-state index is 11.1. The van der Waals surface area contributed by atoms with Gasteiger partial charge in [-0.05, 0) is 47.7 Å². The molecular formula is C18H22BrN3O6. The number of primary amides is 1. The van der Waals surface area contributed by atoms with E-state index in [1.54, 1.807) is 0 Å². The number of carboxylic acid groups (broad SMARTS) is 2. The number of pyridine rings is 1. The monoisotopic (exact) mass is 455 g/mol. The van der Waals surface area contributed by atoms with Gasteiger partial charge in [0, 0.05) is 30.3 Å². The van der Waals surface area contributed by atoms with Gasteiger partial charge in [0.05, 0.1) is 6.54 Å². The van der Waals surface area contributed by atoms with Crippen LogP contribution in [0.3, 0.4) is 0 Å². The maximum Gasteiger partial charge on any atom is 0.328 e. The van der Waals surface area contributed by atoms with Gasteiger partial charge < -0.3 is 20.7 Å². The summed E-state index contributed by atoms with van der Waals surface area (Å²) in [5, 5.41) is 15.6. The first kappa shape index (κ1) is 21.8. The summed E-state index contributed by atoms with van der Waals surface area (Å²) in [7, 11) is 0. The minimum absolute atomic E-state index is 0.179. The Hall–Kier alpha value is -2.46. The van der Waals surface area contributed by atoms with Gasteiger partial charge in [-0.15, -0.1) is 0 Å². The van der Waals surface area contributed by atoms with Crippen LogP contribution in [-0.2, 0) is 14.4 Å². The van der Waals surface area contributed by atoms with Crippen LogP contribution in [0.4, 0.5) is 0 Å². The predicted molar refractivity (Wildman–Crippen MR) is 103 cm³/mol. The van der Waals surface area contributed by atoms with E-state index in [1.165, 1.54) is 0 Å². The molecule has 2 unspecified atom stereocenters. The topological polar surface area (TPSA) is 143 Å². The molecule has 2 aliphatic rings. The van der Waals surface area contributed by atoms with E-state index >= 15 is 0 Å². The molecule has 10 heteroatoms. The Morgan fingerprint density at radius 2 is 1.75 bits per heavy atom.